The van der Waals surface area contributed by atoms with Gasteiger partial charge in [0.2, 0.25) is 0 Å². The molecule has 3 atom stereocenters. The summed E-state index contributed by atoms with van der Waals surface area (Å²) in [4.78, 5) is 6.89. The van der Waals surface area contributed by atoms with E-state index in [1.165, 1.54) is 37.8 Å². The molecule has 3 nitrogen and oxygen atoms in total. The first kappa shape index (κ1) is 14.8. The van der Waals surface area contributed by atoms with Gasteiger partial charge in [-0.3, -0.25) is 0 Å². The normalized spacial score (nSPS) is 27.5. The number of anilines is 1. The molecule has 1 N–H and O–H groups in total. The van der Waals surface area contributed by atoms with Gasteiger partial charge in [-0.05, 0) is 68.2 Å². The van der Waals surface area contributed by atoms with Crippen LogP contribution in [0.3, 0.4) is 0 Å². The topological polar surface area (TPSA) is 28.2 Å². The summed E-state index contributed by atoms with van der Waals surface area (Å²) in [6, 6.07) is 4.35. The maximum atomic E-state index is 4.39. The molecule has 2 fully saturated rings. The summed E-state index contributed by atoms with van der Waals surface area (Å²) in [7, 11) is 2.27. The zero-order valence-corrected chi connectivity index (χ0v) is 13.5. The maximum Gasteiger partial charge on any atom is 0.126 e. The van der Waals surface area contributed by atoms with Gasteiger partial charge >= 0.3 is 0 Å². The van der Waals surface area contributed by atoms with Crippen LogP contribution in [-0.2, 0) is 6.54 Å². The predicted octanol–water partition coefficient (Wildman–Crippen LogP) is 3.77. The van der Waals surface area contributed by atoms with Crippen LogP contribution >= 0.6 is 0 Å². The zero-order valence-electron chi connectivity index (χ0n) is 13.5. The molecule has 1 aromatic rings. The van der Waals surface area contributed by atoms with E-state index in [-0.39, 0.29) is 0 Å². The van der Waals surface area contributed by atoms with Gasteiger partial charge in [0.05, 0.1) is 0 Å². The lowest BCUT2D eigenvalue weighted by molar-refractivity contribution is 0.214. The molecule has 0 radical (unpaired) electrons. The van der Waals surface area contributed by atoms with Gasteiger partial charge in [0.1, 0.15) is 5.82 Å². The van der Waals surface area contributed by atoms with Gasteiger partial charge in [0.25, 0.3) is 0 Å². The quantitative estimate of drug-likeness (QED) is 0.827. The van der Waals surface area contributed by atoms with Gasteiger partial charge in [-0.1, -0.05) is 13.3 Å². The number of nitrogens with zero attached hydrogens (tertiary/aromatic N) is 2. The monoisotopic (exact) mass is 287 g/mol. The Morgan fingerprint density at radius 2 is 2.24 bits per heavy atom. The Balaban J connectivity index is 1.51. The second-order valence-corrected chi connectivity index (χ2v) is 7.11. The number of fused-ring (bicyclic) bond motifs is 2. The van der Waals surface area contributed by atoms with Crippen LogP contribution in [-0.4, -0.2) is 30.0 Å². The highest BCUT2D eigenvalue weighted by Gasteiger charge is 2.39. The van der Waals surface area contributed by atoms with Crippen molar-refractivity contribution in [2.45, 2.75) is 45.6 Å². The smallest absolute Gasteiger partial charge is 0.126 e. The molecule has 0 aliphatic heterocycles. The first-order chi connectivity index (χ1) is 10.2. The Hall–Kier alpha value is -1.09. The van der Waals surface area contributed by atoms with Crippen LogP contribution in [0.1, 0.15) is 44.6 Å². The lowest BCUT2D eigenvalue weighted by Crippen LogP contribution is -2.28. The largest absolute Gasteiger partial charge is 0.370 e. The summed E-state index contributed by atoms with van der Waals surface area (Å²) in [5.41, 5.74) is 1.37. The van der Waals surface area contributed by atoms with E-state index in [0.717, 1.165) is 43.1 Å². The molecule has 3 heteroatoms. The minimum absolute atomic E-state index is 0.952. The molecule has 0 spiro atoms. The summed E-state index contributed by atoms with van der Waals surface area (Å²) in [6.07, 6.45) is 9.05. The molecule has 2 aliphatic rings. The third kappa shape index (κ3) is 3.76. The lowest BCUT2D eigenvalue weighted by atomic mass is 9.88. The molecule has 116 valence electrons. The van der Waals surface area contributed by atoms with Gasteiger partial charge in [-0.15, -0.1) is 0 Å². The fraction of sp³-hybridized carbons (Fsp3) is 0.722. The zero-order chi connectivity index (χ0) is 14.7. The summed E-state index contributed by atoms with van der Waals surface area (Å²) in [6.45, 7) is 5.48. The van der Waals surface area contributed by atoms with Crippen molar-refractivity contribution in [3.63, 3.8) is 0 Å². The standard InChI is InChI=1S/C18H29N3/c1-3-7-19-18-11-15(6-8-20-18)12-21(2)13-17-10-14-4-5-16(17)9-14/h6,8,11,14,16-17H,3-5,7,9-10,12-13H2,1-2H3,(H,19,20). The summed E-state index contributed by atoms with van der Waals surface area (Å²) < 4.78 is 0. The lowest BCUT2D eigenvalue weighted by Gasteiger charge is -2.27. The molecule has 2 saturated carbocycles. The Morgan fingerprint density at radius 3 is 2.95 bits per heavy atom. The summed E-state index contributed by atoms with van der Waals surface area (Å²) in [5, 5.41) is 3.37. The van der Waals surface area contributed by atoms with Crippen LogP contribution < -0.4 is 5.32 Å². The highest BCUT2D eigenvalue weighted by atomic mass is 15.1. The van der Waals surface area contributed by atoms with Crippen molar-refractivity contribution >= 4 is 5.82 Å². The van der Waals surface area contributed by atoms with Crippen LogP contribution in [0, 0.1) is 17.8 Å². The first-order valence-corrected chi connectivity index (χ1v) is 8.62. The predicted molar refractivity (Wildman–Crippen MR) is 88.3 cm³/mol. The van der Waals surface area contributed by atoms with Crippen molar-refractivity contribution in [1.29, 1.82) is 0 Å². The Bertz CT molecular complexity index is 460. The van der Waals surface area contributed by atoms with E-state index < -0.39 is 0 Å². The first-order valence-electron chi connectivity index (χ1n) is 8.62. The minimum Gasteiger partial charge on any atom is -0.370 e. The molecule has 1 aromatic heterocycles. The molecule has 0 saturated heterocycles. The van der Waals surface area contributed by atoms with Crippen LogP contribution in [0.15, 0.2) is 18.3 Å². The molecule has 2 bridgehead atoms. The van der Waals surface area contributed by atoms with Crippen molar-refractivity contribution in [2.24, 2.45) is 17.8 Å². The average Bonchev–Trinajstić information content (AvgIpc) is 3.08. The Labute approximate surface area is 129 Å². The third-order valence-electron chi connectivity index (χ3n) is 5.26. The van der Waals surface area contributed by atoms with Gasteiger partial charge < -0.3 is 10.2 Å². The second kappa shape index (κ2) is 6.78. The maximum absolute atomic E-state index is 4.39. The number of nitrogens with one attached hydrogen (secondary N) is 1. The van der Waals surface area contributed by atoms with E-state index in [2.05, 4.69) is 41.3 Å². The van der Waals surface area contributed by atoms with E-state index in [4.69, 9.17) is 0 Å². The number of aromatic nitrogens is 1. The molecule has 3 rings (SSSR count). The van der Waals surface area contributed by atoms with E-state index in [1.807, 2.05) is 6.20 Å². The molecule has 2 aliphatic carbocycles. The van der Waals surface area contributed by atoms with Crippen molar-refractivity contribution in [1.82, 2.24) is 9.88 Å². The summed E-state index contributed by atoms with van der Waals surface area (Å²) >= 11 is 0. The van der Waals surface area contributed by atoms with E-state index in [1.54, 1.807) is 0 Å². The van der Waals surface area contributed by atoms with Crippen molar-refractivity contribution in [3.05, 3.63) is 23.9 Å². The number of hydrogen-bond acceptors (Lipinski definition) is 3. The number of rotatable bonds is 7. The highest BCUT2D eigenvalue weighted by Crippen LogP contribution is 2.48. The van der Waals surface area contributed by atoms with Crippen molar-refractivity contribution in [2.75, 3.05) is 25.5 Å². The average molecular weight is 287 g/mol. The fourth-order valence-corrected chi connectivity index (χ4v) is 4.30. The highest BCUT2D eigenvalue weighted by molar-refractivity contribution is 5.37. The van der Waals surface area contributed by atoms with Crippen LogP contribution in [0.4, 0.5) is 5.82 Å². The van der Waals surface area contributed by atoms with Crippen molar-refractivity contribution in [3.8, 4) is 0 Å². The van der Waals surface area contributed by atoms with Gasteiger partial charge in [0, 0.05) is 25.8 Å². The summed E-state index contributed by atoms with van der Waals surface area (Å²) in [5.74, 6) is 4.05. The van der Waals surface area contributed by atoms with Gasteiger partial charge in [0.15, 0.2) is 0 Å². The van der Waals surface area contributed by atoms with E-state index >= 15 is 0 Å². The Morgan fingerprint density at radius 1 is 1.33 bits per heavy atom. The molecular weight excluding hydrogens is 258 g/mol. The number of pyridine rings is 1. The SMILES string of the molecule is CCCNc1cc(CN(C)CC2CC3CCC2C3)ccn1. The molecule has 3 unspecified atom stereocenters. The van der Waals surface area contributed by atoms with E-state index in [0.29, 0.717) is 0 Å². The van der Waals surface area contributed by atoms with Gasteiger partial charge in [-0.25, -0.2) is 4.98 Å². The fourth-order valence-electron chi connectivity index (χ4n) is 4.30. The molecule has 1 heterocycles. The molecule has 21 heavy (non-hydrogen) atoms. The van der Waals surface area contributed by atoms with Gasteiger partial charge in [-0.2, -0.15) is 0 Å². The third-order valence-corrected chi connectivity index (χ3v) is 5.26. The van der Waals surface area contributed by atoms with Crippen LogP contribution in [0.2, 0.25) is 0 Å². The van der Waals surface area contributed by atoms with Crippen LogP contribution in [0.25, 0.3) is 0 Å². The minimum atomic E-state index is 0.952. The second-order valence-electron chi connectivity index (χ2n) is 7.11. The Kier molecular flexibility index (Phi) is 4.79. The molecular formula is C18H29N3. The van der Waals surface area contributed by atoms with Crippen molar-refractivity contribution < 1.29 is 0 Å². The number of hydrogen-bond donors (Lipinski definition) is 1. The van der Waals surface area contributed by atoms with Crippen LogP contribution in [0.5, 0.6) is 0 Å². The molecule has 0 amide bonds. The van der Waals surface area contributed by atoms with E-state index in [9.17, 15) is 0 Å². The molecule has 0 aromatic carbocycles.